The Balaban J connectivity index is 2.12. The van der Waals surface area contributed by atoms with Gasteiger partial charge in [-0.25, -0.2) is 9.97 Å². The van der Waals surface area contributed by atoms with Gasteiger partial charge in [0.1, 0.15) is 18.0 Å². The van der Waals surface area contributed by atoms with E-state index in [0.717, 1.165) is 10.2 Å². The average Bonchev–Trinajstić information content (AvgIpc) is 2.40. The van der Waals surface area contributed by atoms with E-state index in [1.54, 1.807) is 6.07 Å². The number of hydrogen-bond acceptors (Lipinski definition) is 5. The van der Waals surface area contributed by atoms with Crippen molar-refractivity contribution in [2.45, 2.75) is 0 Å². The van der Waals surface area contributed by atoms with Gasteiger partial charge in [-0.15, -0.1) is 0 Å². The van der Waals surface area contributed by atoms with E-state index in [-0.39, 0.29) is 6.61 Å². The summed E-state index contributed by atoms with van der Waals surface area (Å²) in [6, 6.07) is 9.58. The minimum Gasteiger partial charge on any atom is -0.395 e. The first-order valence-corrected chi connectivity index (χ1v) is 6.27. The summed E-state index contributed by atoms with van der Waals surface area (Å²) in [5.74, 6) is 1.37. The summed E-state index contributed by atoms with van der Waals surface area (Å²) >= 11 is 3.46. The summed E-state index contributed by atoms with van der Waals surface area (Å²) in [5.41, 5.74) is 0.935. The quantitative estimate of drug-likeness (QED) is 0.791. The normalized spacial score (nSPS) is 10.1. The topological polar surface area (TPSA) is 70.1 Å². The minimum atomic E-state index is 0.0665. The Bertz CT molecular complexity index is 521. The fraction of sp³-hybridized carbons (Fsp3) is 0.167. The van der Waals surface area contributed by atoms with Crippen LogP contribution in [-0.4, -0.2) is 28.2 Å². The van der Waals surface area contributed by atoms with Crippen molar-refractivity contribution in [3.05, 3.63) is 41.1 Å². The van der Waals surface area contributed by atoms with Crippen molar-refractivity contribution < 1.29 is 5.11 Å². The van der Waals surface area contributed by atoms with Gasteiger partial charge in [0, 0.05) is 17.1 Å². The molecular formula is C12H13BrN4O. The summed E-state index contributed by atoms with van der Waals surface area (Å²) in [4.78, 5) is 8.19. The molecule has 3 N–H and O–H groups in total. The molecule has 0 spiro atoms. The van der Waals surface area contributed by atoms with Crippen LogP contribution in [0.25, 0.3) is 0 Å². The Morgan fingerprint density at radius 2 is 1.94 bits per heavy atom. The first-order chi connectivity index (χ1) is 8.79. The lowest BCUT2D eigenvalue weighted by molar-refractivity contribution is 0.311. The number of aliphatic hydroxyl groups is 1. The van der Waals surface area contributed by atoms with Crippen LogP contribution in [0.5, 0.6) is 0 Å². The summed E-state index contributed by atoms with van der Waals surface area (Å²) in [6.07, 6.45) is 1.47. The molecule has 0 bridgehead atoms. The highest BCUT2D eigenvalue weighted by Gasteiger charge is 2.01. The Hall–Kier alpha value is -1.66. The molecule has 2 rings (SSSR count). The zero-order valence-corrected chi connectivity index (χ0v) is 11.2. The van der Waals surface area contributed by atoms with Crippen molar-refractivity contribution in [3.8, 4) is 0 Å². The van der Waals surface area contributed by atoms with Crippen LogP contribution in [0.1, 0.15) is 0 Å². The Morgan fingerprint density at radius 3 is 2.72 bits per heavy atom. The number of anilines is 3. The molecule has 1 heterocycles. The van der Waals surface area contributed by atoms with E-state index >= 15 is 0 Å². The van der Waals surface area contributed by atoms with Crippen molar-refractivity contribution in [1.29, 1.82) is 0 Å². The molecule has 0 radical (unpaired) electrons. The van der Waals surface area contributed by atoms with E-state index in [1.807, 2.05) is 24.3 Å². The molecule has 0 fully saturated rings. The largest absolute Gasteiger partial charge is 0.395 e. The fourth-order valence-electron chi connectivity index (χ4n) is 1.41. The number of hydrogen-bond donors (Lipinski definition) is 3. The molecular weight excluding hydrogens is 296 g/mol. The first kappa shape index (κ1) is 12.8. The monoisotopic (exact) mass is 308 g/mol. The predicted octanol–water partition coefficient (Wildman–Crippen LogP) is 2.39. The van der Waals surface area contributed by atoms with Gasteiger partial charge in [-0.2, -0.15) is 0 Å². The van der Waals surface area contributed by atoms with E-state index in [9.17, 15) is 0 Å². The molecule has 0 saturated carbocycles. The third kappa shape index (κ3) is 3.41. The number of nitrogens with zero attached hydrogens (tertiary/aromatic N) is 2. The summed E-state index contributed by atoms with van der Waals surface area (Å²) in [7, 11) is 0. The maximum Gasteiger partial charge on any atom is 0.135 e. The number of nitrogens with one attached hydrogen (secondary N) is 2. The van der Waals surface area contributed by atoms with E-state index in [1.165, 1.54) is 6.33 Å². The number of benzene rings is 1. The second-order valence-electron chi connectivity index (χ2n) is 3.54. The van der Waals surface area contributed by atoms with Gasteiger partial charge >= 0.3 is 0 Å². The number of halogens is 1. The van der Waals surface area contributed by atoms with E-state index in [4.69, 9.17) is 5.11 Å². The Morgan fingerprint density at radius 1 is 1.17 bits per heavy atom. The van der Waals surface area contributed by atoms with E-state index in [0.29, 0.717) is 18.2 Å². The van der Waals surface area contributed by atoms with Crippen LogP contribution < -0.4 is 10.6 Å². The third-order valence-electron chi connectivity index (χ3n) is 2.22. The molecule has 0 aliphatic rings. The summed E-state index contributed by atoms with van der Waals surface area (Å²) < 4.78 is 0.966. The third-order valence-corrected chi connectivity index (χ3v) is 2.91. The van der Waals surface area contributed by atoms with Crippen LogP contribution in [0.2, 0.25) is 0 Å². The van der Waals surface area contributed by atoms with Crippen molar-refractivity contribution in [1.82, 2.24) is 9.97 Å². The highest BCUT2D eigenvalue weighted by molar-refractivity contribution is 9.10. The van der Waals surface area contributed by atoms with Crippen molar-refractivity contribution in [2.75, 3.05) is 23.8 Å². The summed E-state index contributed by atoms with van der Waals surface area (Å²) in [6.45, 7) is 0.530. The van der Waals surface area contributed by atoms with Crippen LogP contribution >= 0.6 is 15.9 Å². The molecule has 18 heavy (non-hydrogen) atoms. The van der Waals surface area contributed by atoms with Gasteiger partial charge in [-0.05, 0) is 28.1 Å². The molecule has 1 aromatic carbocycles. The smallest absolute Gasteiger partial charge is 0.135 e. The zero-order valence-electron chi connectivity index (χ0n) is 9.60. The van der Waals surface area contributed by atoms with Crippen LogP contribution in [0.15, 0.2) is 41.1 Å². The molecule has 0 unspecified atom stereocenters. The van der Waals surface area contributed by atoms with Gasteiger partial charge in [-0.3, -0.25) is 0 Å². The number of para-hydroxylation sites is 1. The summed E-state index contributed by atoms with van der Waals surface area (Å²) in [5, 5.41) is 14.9. The van der Waals surface area contributed by atoms with Crippen LogP contribution in [0.3, 0.4) is 0 Å². The van der Waals surface area contributed by atoms with Crippen molar-refractivity contribution in [2.24, 2.45) is 0 Å². The van der Waals surface area contributed by atoms with Gasteiger partial charge in [-0.1, -0.05) is 12.1 Å². The van der Waals surface area contributed by atoms with Crippen molar-refractivity contribution >= 4 is 33.3 Å². The van der Waals surface area contributed by atoms with Crippen molar-refractivity contribution in [3.63, 3.8) is 0 Å². The highest BCUT2D eigenvalue weighted by atomic mass is 79.9. The second-order valence-corrected chi connectivity index (χ2v) is 4.40. The van der Waals surface area contributed by atoms with Gasteiger partial charge in [0.2, 0.25) is 0 Å². The fourth-order valence-corrected chi connectivity index (χ4v) is 1.79. The maximum absolute atomic E-state index is 8.74. The zero-order chi connectivity index (χ0) is 12.8. The Labute approximate surface area is 113 Å². The first-order valence-electron chi connectivity index (χ1n) is 5.48. The molecule has 0 amide bonds. The number of aromatic nitrogens is 2. The standard InChI is InChI=1S/C12H13BrN4O/c13-9-3-1-2-4-10(9)17-12-7-11(14-5-6-18)15-8-16-12/h1-4,7-8,18H,5-6H2,(H2,14,15,16,17). The molecule has 2 aromatic rings. The van der Waals surface area contributed by atoms with Gasteiger partial charge in [0.25, 0.3) is 0 Å². The molecule has 0 atom stereocenters. The lowest BCUT2D eigenvalue weighted by Gasteiger charge is -2.09. The molecule has 0 aliphatic carbocycles. The van der Waals surface area contributed by atoms with E-state index in [2.05, 4.69) is 36.5 Å². The van der Waals surface area contributed by atoms with Gasteiger partial charge in [0.05, 0.1) is 12.3 Å². The molecule has 94 valence electrons. The lowest BCUT2D eigenvalue weighted by atomic mass is 10.3. The maximum atomic E-state index is 8.74. The number of rotatable bonds is 5. The lowest BCUT2D eigenvalue weighted by Crippen LogP contribution is -2.07. The molecule has 1 aromatic heterocycles. The van der Waals surface area contributed by atoms with E-state index < -0.39 is 0 Å². The van der Waals surface area contributed by atoms with Gasteiger partial charge in [0.15, 0.2) is 0 Å². The minimum absolute atomic E-state index is 0.0665. The average molecular weight is 309 g/mol. The molecule has 0 saturated heterocycles. The molecule has 0 aliphatic heterocycles. The van der Waals surface area contributed by atoms with Crippen LogP contribution in [-0.2, 0) is 0 Å². The SMILES string of the molecule is OCCNc1cc(Nc2ccccc2Br)ncn1. The molecule has 5 nitrogen and oxygen atoms in total. The molecule has 6 heteroatoms. The highest BCUT2D eigenvalue weighted by Crippen LogP contribution is 2.24. The van der Waals surface area contributed by atoms with Gasteiger partial charge < -0.3 is 15.7 Å². The van der Waals surface area contributed by atoms with Crippen LogP contribution in [0, 0.1) is 0 Å². The van der Waals surface area contributed by atoms with Crippen LogP contribution in [0.4, 0.5) is 17.3 Å². The predicted molar refractivity (Wildman–Crippen MR) is 75.0 cm³/mol. The second kappa shape index (κ2) is 6.32. The Kier molecular flexibility index (Phi) is 4.49. The number of aliphatic hydroxyl groups excluding tert-OH is 1.